The number of fused-ring (bicyclic) bond motifs is 1. The fourth-order valence-corrected chi connectivity index (χ4v) is 2.91. The smallest absolute Gasteiger partial charge is 0.119 e. The van der Waals surface area contributed by atoms with Gasteiger partial charge in [-0.3, -0.25) is 4.90 Å². The van der Waals surface area contributed by atoms with Crippen LogP contribution in [0.25, 0.3) is 0 Å². The highest BCUT2D eigenvalue weighted by atomic mass is 16.5. The third-order valence-corrected chi connectivity index (χ3v) is 3.94. The number of rotatable bonds is 2. The Bertz CT molecular complexity index is 565. The second-order valence-corrected chi connectivity index (χ2v) is 5.11. The van der Waals surface area contributed by atoms with Gasteiger partial charge in [0.2, 0.25) is 0 Å². The van der Waals surface area contributed by atoms with Crippen molar-refractivity contribution in [1.29, 1.82) is 0 Å². The molecule has 0 N–H and O–H groups in total. The Morgan fingerprint density at radius 2 is 1.89 bits per heavy atom. The quantitative estimate of drug-likeness (QED) is 0.814. The zero-order chi connectivity index (χ0) is 13.2. The fraction of sp³-hybridized carbons (Fsp3) is 0.294. The van der Waals surface area contributed by atoms with Crippen molar-refractivity contribution in [3.63, 3.8) is 0 Å². The van der Waals surface area contributed by atoms with Gasteiger partial charge in [0.15, 0.2) is 0 Å². The van der Waals surface area contributed by atoms with Gasteiger partial charge in [-0.15, -0.1) is 0 Å². The molecule has 0 fully saturated rings. The van der Waals surface area contributed by atoms with Gasteiger partial charge in [0, 0.05) is 6.54 Å². The largest absolute Gasteiger partial charge is 0.497 e. The first-order chi connectivity index (χ1) is 9.29. The Hall–Kier alpha value is -1.80. The van der Waals surface area contributed by atoms with Gasteiger partial charge >= 0.3 is 0 Å². The summed E-state index contributed by atoms with van der Waals surface area (Å²) in [6, 6.07) is 17.5. The number of methoxy groups -OCH3 is 1. The first kappa shape index (κ1) is 12.2. The molecule has 1 aliphatic heterocycles. The highest BCUT2D eigenvalue weighted by Crippen LogP contribution is 2.35. The lowest BCUT2D eigenvalue weighted by Gasteiger charge is -2.35. The summed E-state index contributed by atoms with van der Waals surface area (Å²) in [5.74, 6) is 0.940. The zero-order valence-corrected chi connectivity index (χ0v) is 11.5. The van der Waals surface area contributed by atoms with Gasteiger partial charge in [0.05, 0.1) is 13.2 Å². The lowest BCUT2D eigenvalue weighted by atomic mass is 9.88. The average Bonchev–Trinajstić information content (AvgIpc) is 2.47. The molecule has 2 aromatic carbocycles. The van der Waals surface area contributed by atoms with Crippen LogP contribution in [-0.2, 0) is 6.42 Å². The molecular weight excluding hydrogens is 234 g/mol. The third kappa shape index (κ3) is 2.24. The monoisotopic (exact) mass is 253 g/mol. The molecule has 0 bridgehead atoms. The Morgan fingerprint density at radius 3 is 2.63 bits per heavy atom. The topological polar surface area (TPSA) is 12.5 Å². The molecule has 0 aromatic heterocycles. The molecule has 0 amide bonds. The van der Waals surface area contributed by atoms with E-state index in [1.54, 1.807) is 7.11 Å². The first-order valence-electron chi connectivity index (χ1n) is 6.71. The molecule has 1 unspecified atom stereocenters. The SMILES string of the molecule is COc1ccc2c(c1)C(c1ccccc1)N(C)CC2. The summed E-state index contributed by atoms with van der Waals surface area (Å²) in [6.07, 6.45) is 1.11. The van der Waals surface area contributed by atoms with E-state index in [1.807, 2.05) is 0 Å². The standard InChI is InChI=1S/C17H19NO/c1-18-11-10-13-8-9-15(19-2)12-16(13)17(18)14-6-4-3-5-7-14/h3-9,12,17H,10-11H2,1-2H3. The Labute approximate surface area is 114 Å². The molecule has 2 aromatic rings. The first-order valence-corrected chi connectivity index (χ1v) is 6.71. The molecule has 0 saturated heterocycles. The van der Waals surface area contributed by atoms with Crippen molar-refractivity contribution in [2.75, 3.05) is 20.7 Å². The predicted molar refractivity (Wildman–Crippen MR) is 77.6 cm³/mol. The Balaban J connectivity index is 2.10. The van der Waals surface area contributed by atoms with Crippen LogP contribution in [-0.4, -0.2) is 25.6 Å². The Kier molecular flexibility index (Phi) is 3.26. The maximum Gasteiger partial charge on any atom is 0.119 e. The molecule has 1 heterocycles. The molecule has 1 atom stereocenters. The van der Waals surface area contributed by atoms with Crippen LogP contribution in [0.5, 0.6) is 5.75 Å². The number of hydrogen-bond donors (Lipinski definition) is 0. The van der Waals surface area contributed by atoms with Gasteiger partial charge < -0.3 is 4.74 Å². The minimum Gasteiger partial charge on any atom is -0.497 e. The summed E-state index contributed by atoms with van der Waals surface area (Å²) < 4.78 is 5.38. The molecule has 3 rings (SSSR count). The lowest BCUT2D eigenvalue weighted by molar-refractivity contribution is 0.264. The van der Waals surface area contributed by atoms with Crippen LogP contribution in [0.3, 0.4) is 0 Å². The van der Waals surface area contributed by atoms with Crippen molar-refractivity contribution in [3.05, 3.63) is 65.2 Å². The van der Waals surface area contributed by atoms with Crippen molar-refractivity contribution in [3.8, 4) is 5.75 Å². The van der Waals surface area contributed by atoms with Crippen LogP contribution in [0.4, 0.5) is 0 Å². The van der Waals surface area contributed by atoms with Crippen molar-refractivity contribution < 1.29 is 4.74 Å². The van der Waals surface area contributed by atoms with Gasteiger partial charge in [-0.1, -0.05) is 36.4 Å². The van der Waals surface area contributed by atoms with Crippen LogP contribution < -0.4 is 4.74 Å². The summed E-state index contributed by atoms with van der Waals surface area (Å²) in [6.45, 7) is 1.10. The second kappa shape index (κ2) is 5.06. The van der Waals surface area contributed by atoms with Crippen LogP contribution in [0.1, 0.15) is 22.7 Å². The van der Waals surface area contributed by atoms with E-state index >= 15 is 0 Å². The molecule has 0 spiro atoms. The van der Waals surface area contributed by atoms with E-state index in [4.69, 9.17) is 4.74 Å². The molecule has 0 radical (unpaired) electrons. The van der Waals surface area contributed by atoms with E-state index in [-0.39, 0.29) is 0 Å². The summed E-state index contributed by atoms with van der Waals surface area (Å²) >= 11 is 0. The van der Waals surface area contributed by atoms with E-state index in [2.05, 4.69) is 60.5 Å². The zero-order valence-electron chi connectivity index (χ0n) is 11.5. The highest BCUT2D eigenvalue weighted by molar-refractivity contribution is 5.43. The minimum absolute atomic E-state index is 0.333. The normalized spacial score (nSPS) is 18.9. The molecule has 2 heteroatoms. The van der Waals surface area contributed by atoms with E-state index < -0.39 is 0 Å². The summed E-state index contributed by atoms with van der Waals surface area (Å²) in [5, 5.41) is 0. The highest BCUT2D eigenvalue weighted by Gasteiger charge is 2.26. The predicted octanol–water partition coefficient (Wildman–Crippen LogP) is 3.27. The number of ether oxygens (including phenoxy) is 1. The molecule has 98 valence electrons. The average molecular weight is 253 g/mol. The van der Waals surface area contributed by atoms with E-state index in [0.29, 0.717) is 6.04 Å². The maximum atomic E-state index is 5.38. The molecule has 19 heavy (non-hydrogen) atoms. The summed E-state index contributed by atoms with van der Waals surface area (Å²) in [7, 11) is 3.92. The number of nitrogens with zero attached hydrogens (tertiary/aromatic N) is 1. The van der Waals surface area contributed by atoms with Crippen LogP contribution >= 0.6 is 0 Å². The second-order valence-electron chi connectivity index (χ2n) is 5.11. The molecular formula is C17H19NO. The van der Waals surface area contributed by atoms with Crippen LogP contribution in [0, 0.1) is 0 Å². The van der Waals surface area contributed by atoms with Crippen molar-refractivity contribution in [2.45, 2.75) is 12.5 Å². The van der Waals surface area contributed by atoms with Gasteiger partial charge in [0.25, 0.3) is 0 Å². The Morgan fingerprint density at radius 1 is 1.11 bits per heavy atom. The van der Waals surface area contributed by atoms with Crippen LogP contribution in [0.2, 0.25) is 0 Å². The van der Waals surface area contributed by atoms with Crippen molar-refractivity contribution in [1.82, 2.24) is 4.90 Å². The molecule has 2 nitrogen and oxygen atoms in total. The number of benzene rings is 2. The lowest BCUT2D eigenvalue weighted by Crippen LogP contribution is -2.32. The summed E-state index contributed by atoms with van der Waals surface area (Å²) in [5.41, 5.74) is 4.16. The van der Waals surface area contributed by atoms with Gasteiger partial charge in [0.1, 0.15) is 5.75 Å². The summed E-state index contributed by atoms with van der Waals surface area (Å²) in [4.78, 5) is 2.41. The maximum absolute atomic E-state index is 5.38. The van der Waals surface area contributed by atoms with E-state index in [1.165, 1.54) is 16.7 Å². The number of likely N-dealkylation sites (N-methyl/N-ethyl adjacent to an activating group) is 1. The van der Waals surface area contributed by atoms with E-state index in [0.717, 1.165) is 18.7 Å². The van der Waals surface area contributed by atoms with E-state index in [9.17, 15) is 0 Å². The number of hydrogen-bond acceptors (Lipinski definition) is 2. The van der Waals surface area contributed by atoms with Crippen molar-refractivity contribution >= 4 is 0 Å². The third-order valence-electron chi connectivity index (χ3n) is 3.94. The van der Waals surface area contributed by atoms with Gasteiger partial charge in [-0.25, -0.2) is 0 Å². The van der Waals surface area contributed by atoms with Gasteiger partial charge in [-0.05, 0) is 42.3 Å². The fourth-order valence-electron chi connectivity index (χ4n) is 2.91. The molecule has 1 aliphatic rings. The molecule has 0 saturated carbocycles. The molecule has 0 aliphatic carbocycles. The van der Waals surface area contributed by atoms with Crippen molar-refractivity contribution in [2.24, 2.45) is 0 Å². The van der Waals surface area contributed by atoms with Gasteiger partial charge in [-0.2, -0.15) is 0 Å². The van der Waals surface area contributed by atoms with Crippen LogP contribution in [0.15, 0.2) is 48.5 Å². The minimum atomic E-state index is 0.333.